The number of hydrogen-bond donors (Lipinski definition) is 2. The predicted octanol–water partition coefficient (Wildman–Crippen LogP) is 2.43. The van der Waals surface area contributed by atoms with Crippen LogP contribution in [0.25, 0.3) is 0 Å². The molecule has 0 unspecified atom stereocenters. The number of aromatic nitrogens is 2. The van der Waals surface area contributed by atoms with Crippen molar-refractivity contribution in [3.63, 3.8) is 0 Å². The molecule has 0 atom stereocenters. The highest BCUT2D eigenvalue weighted by molar-refractivity contribution is 6.04. The van der Waals surface area contributed by atoms with Crippen molar-refractivity contribution in [1.82, 2.24) is 10.2 Å². The molecule has 100 valence electrons. The molecule has 1 aromatic heterocycles. The van der Waals surface area contributed by atoms with E-state index < -0.39 is 11.7 Å². The SMILES string of the molecule is COc1ccc(C(=O)Nc2c(C)n[nH]c2C)cc1F. The molecule has 2 rings (SSSR count). The van der Waals surface area contributed by atoms with Crippen molar-refractivity contribution >= 4 is 11.6 Å². The largest absolute Gasteiger partial charge is 0.494 e. The van der Waals surface area contributed by atoms with Gasteiger partial charge in [0.25, 0.3) is 5.91 Å². The maximum absolute atomic E-state index is 13.5. The van der Waals surface area contributed by atoms with Gasteiger partial charge in [0, 0.05) is 5.56 Å². The van der Waals surface area contributed by atoms with Gasteiger partial charge >= 0.3 is 0 Å². The van der Waals surface area contributed by atoms with E-state index in [0.29, 0.717) is 11.4 Å². The Hall–Kier alpha value is -2.37. The summed E-state index contributed by atoms with van der Waals surface area (Å²) >= 11 is 0. The summed E-state index contributed by atoms with van der Waals surface area (Å²) in [7, 11) is 1.37. The third-order valence-corrected chi connectivity index (χ3v) is 2.78. The Morgan fingerprint density at radius 3 is 2.68 bits per heavy atom. The highest BCUT2D eigenvalue weighted by Gasteiger charge is 2.13. The maximum atomic E-state index is 13.5. The number of halogens is 1. The van der Waals surface area contributed by atoms with Crippen LogP contribution in [0.1, 0.15) is 21.7 Å². The van der Waals surface area contributed by atoms with Crippen molar-refractivity contribution in [3.8, 4) is 5.75 Å². The molecule has 5 nitrogen and oxygen atoms in total. The lowest BCUT2D eigenvalue weighted by molar-refractivity contribution is 0.102. The molecule has 0 saturated heterocycles. The average Bonchev–Trinajstić information content (AvgIpc) is 2.70. The topological polar surface area (TPSA) is 67.0 Å². The summed E-state index contributed by atoms with van der Waals surface area (Å²) in [5.41, 5.74) is 2.26. The van der Waals surface area contributed by atoms with Crippen LogP contribution in [-0.2, 0) is 0 Å². The molecule has 0 aliphatic rings. The van der Waals surface area contributed by atoms with Crippen LogP contribution in [0.2, 0.25) is 0 Å². The number of aryl methyl sites for hydroxylation is 2. The summed E-state index contributed by atoms with van der Waals surface area (Å²) < 4.78 is 18.3. The minimum atomic E-state index is -0.573. The van der Waals surface area contributed by atoms with Crippen LogP contribution in [0.4, 0.5) is 10.1 Å². The van der Waals surface area contributed by atoms with E-state index in [9.17, 15) is 9.18 Å². The maximum Gasteiger partial charge on any atom is 0.255 e. The number of ether oxygens (including phenoxy) is 1. The first kappa shape index (κ1) is 13.1. The lowest BCUT2D eigenvalue weighted by Crippen LogP contribution is -2.13. The number of nitrogens with zero attached hydrogens (tertiary/aromatic N) is 1. The summed E-state index contributed by atoms with van der Waals surface area (Å²) in [6, 6.07) is 4.06. The number of aromatic amines is 1. The number of anilines is 1. The molecule has 0 fully saturated rings. The Labute approximate surface area is 109 Å². The first-order valence-electron chi connectivity index (χ1n) is 5.69. The van der Waals surface area contributed by atoms with Gasteiger partial charge in [0.15, 0.2) is 11.6 Å². The predicted molar refractivity (Wildman–Crippen MR) is 69.0 cm³/mol. The number of benzene rings is 1. The summed E-state index contributed by atoms with van der Waals surface area (Å²) in [6.07, 6.45) is 0. The Morgan fingerprint density at radius 1 is 1.42 bits per heavy atom. The van der Waals surface area contributed by atoms with Crippen LogP contribution in [0.3, 0.4) is 0 Å². The summed E-state index contributed by atoms with van der Waals surface area (Å²) in [5.74, 6) is -0.864. The number of carbonyl (C=O) groups excluding carboxylic acids is 1. The molecular weight excluding hydrogens is 249 g/mol. The fourth-order valence-corrected chi connectivity index (χ4v) is 1.73. The standard InChI is InChI=1S/C13H14FN3O2/c1-7-12(8(2)17-16-7)15-13(18)9-4-5-11(19-3)10(14)6-9/h4-6H,1-3H3,(H,15,18)(H,16,17). The molecule has 6 heteroatoms. The van der Waals surface area contributed by atoms with Crippen LogP contribution in [-0.4, -0.2) is 23.2 Å². The molecule has 1 aromatic carbocycles. The second-order valence-corrected chi connectivity index (χ2v) is 4.11. The minimum Gasteiger partial charge on any atom is -0.494 e. The molecule has 0 aliphatic carbocycles. The first-order valence-corrected chi connectivity index (χ1v) is 5.69. The van der Waals surface area contributed by atoms with Crippen molar-refractivity contribution in [2.45, 2.75) is 13.8 Å². The van der Waals surface area contributed by atoms with Gasteiger partial charge in [-0.3, -0.25) is 9.89 Å². The van der Waals surface area contributed by atoms with Crippen molar-refractivity contribution in [1.29, 1.82) is 0 Å². The molecule has 2 N–H and O–H groups in total. The van der Waals surface area contributed by atoms with Gasteiger partial charge in [-0.1, -0.05) is 0 Å². The second kappa shape index (κ2) is 5.09. The van der Waals surface area contributed by atoms with E-state index in [0.717, 1.165) is 11.8 Å². The van der Waals surface area contributed by atoms with Gasteiger partial charge in [0.2, 0.25) is 0 Å². The molecular formula is C13H14FN3O2. The molecule has 2 aromatic rings. The highest BCUT2D eigenvalue weighted by atomic mass is 19.1. The molecule has 0 radical (unpaired) electrons. The minimum absolute atomic E-state index is 0.104. The fourth-order valence-electron chi connectivity index (χ4n) is 1.73. The van der Waals surface area contributed by atoms with Gasteiger partial charge < -0.3 is 10.1 Å². The molecule has 1 heterocycles. The number of methoxy groups -OCH3 is 1. The zero-order chi connectivity index (χ0) is 14.0. The third kappa shape index (κ3) is 2.57. The summed E-state index contributed by atoms with van der Waals surface area (Å²) in [6.45, 7) is 3.57. The highest BCUT2D eigenvalue weighted by Crippen LogP contribution is 2.20. The van der Waals surface area contributed by atoms with Gasteiger partial charge in [-0.25, -0.2) is 4.39 Å². The van der Waals surface area contributed by atoms with Crippen molar-refractivity contribution in [3.05, 3.63) is 41.0 Å². The number of nitrogens with one attached hydrogen (secondary N) is 2. The van der Waals surface area contributed by atoms with Gasteiger partial charge in [-0.15, -0.1) is 0 Å². The number of amides is 1. The van der Waals surface area contributed by atoms with Crippen LogP contribution in [0.15, 0.2) is 18.2 Å². The van der Waals surface area contributed by atoms with Gasteiger partial charge in [0.05, 0.1) is 24.2 Å². The Kier molecular flexibility index (Phi) is 3.50. The van der Waals surface area contributed by atoms with E-state index in [4.69, 9.17) is 4.74 Å². The number of H-pyrrole nitrogens is 1. The number of hydrogen-bond acceptors (Lipinski definition) is 3. The lowest BCUT2D eigenvalue weighted by Gasteiger charge is -2.07. The normalized spacial score (nSPS) is 10.3. The fraction of sp³-hybridized carbons (Fsp3) is 0.231. The van der Waals surface area contributed by atoms with Crippen molar-refractivity contribution < 1.29 is 13.9 Å². The van der Waals surface area contributed by atoms with E-state index in [1.165, 1.54) is 19.2 Å². The van der Waals surface area contributed by atoms with E-state index >= 15 is 0 Å². The smallest absolute Gasteiger partial charge is 0.255 e. The third-order valence-electron chi connectivity index (χ3n) is 2.78. The summed E-state index contributed by atoms with van der Waals surface area (Å²) in [4.78, 5) is 12.0. The molecule has 0 saturated carbocycles. The second-order valence-electron chi connectivity index (χ2n) is 4.11. The van der Waals surface area contributed by atoms with E-state index in [-0.39, 0.29) is 11.3 Å². The zero-order valence-electron chi connectivity index (χ0n) is 10.9. The van der Waals surface area contributed by atoms with Gasteiger partial charge in [0.1, 0.15) is 0 Å². The number of rotatable bonds is 3. The molecule has 0 spiro atoms. The van der Waals surface area contributed by atoms with Crippen LogP contribution in [0, 0.1) is 19.7 Å². The first-order chi connectivity index (χ1) is 9.02. The molecule has 0 aliphatic heterocycles. The average molecular weight is 263 g/mol. The van der Waals surface area contributed by atoms with Gasteiger partial charge in [-0.05, 0) is 32.0 Å². The zero-order valence-corrected chi connectivity index (χ0v) is 10.9. The lowest BCUT2D eigenvalue weighted by atomic mass is 10.2. The van der Waals surface area contributed by atoms with Crippen molar-refractivity contribution in [2.75, 3.05) is 12.4 Å². The van der Waals surface area contributed by atoms with Crippen LogP contribution >= 0.6 is 0 Å². The molecule has 1 amide bonds. The summed E-state index contributed by atoms with van der Waals surface area (Å²) in [5, 5.41) is 9.44. The van der Waals surface area contributed by atoms with E-state index in [2.05, 4.69) is 15.5 Å². The van der Waals surface area contributed by atoms with Crippen molar-refractivity contribution in [2.24, 2.45) is 0 Å². The Bertz CT molecular complexity index is 603. The van der Waals surface area contributed by atoms with Crippen LogP contribution < -0.4 is 10.1 Å². The quantitative estimate of drug-likeness (QED) is 0.893. The monoisotopic (exact) mass is 263 g/mol. The molecule has 0 bridgehead atoms. The Balaban J connectivity index is 2.23. The van der Waals surface area contributed by atoms with Gasteiger partial charge in [-0.2, -0.15) is 5.10 Å². The van der Waals surface area contributed by atoms with E-state index in [1.54, 1.807) is 13.8 Å². The molecule has 19 heavy (non-hydrogen) atoms. The number of carbonyl (C=O) groups is 1. The van der Waals surface area contributed by atoms with Crippen LogP contribution in [0.5, 0.6) is 5.75 Å². The Morgan fingerprint density at radius 2 is 2.16 bits per heavy atom. The van der Waals surface area contributed by atoms with E-state index in [1.807, 2.05) is 0 Å².